The fraction of sp³-hybridized carbons (Fsp3) is 0.296. The molecule has 4 aromatic rings. The highest BCUT2D eigenvalue weighted by molar-refractivity contribution is 5.57. The molecule has 37 heavy (non-hydrogen) atoms. The first-order valence-corrected chi connectivity index (χ1v) is 11.8. The number of alkyl halides is 3. The lowest BCUT2D eigenvalue weighted by molar-refractivity contribution is -0.153. The zero-order chi connectivity index (χ0) is 26.4. The molecule has 0 saturated heterocycles. The predicted octanol–water partition coefficient (Wildman–Crippen LogP) is 5.44. The van der Waals surface area contributed by atoms with Gasteiger partial charge in [0.1, 0.15) is 17.3 Å². The first-order valence-electron chi connectivity index (χ1n) is 11.8. The average molecular weight is 513 g/mol. The van der Waals surface area contributed by atoms with E-state index >= 15 is 0 Å². The van der Waals surface area contributed by atoms with Gasteiger partial charge in [0.25, 0.3) is 5.56 Å². The van der Waals surface area contributed by atoms with E-state index in [1.54, 1.807) is 30.1 Å². The van der Waals surface area contributed by atoms with E-state index in [1.807, 2.05) is 37.4 Å². The third kappa shape index (κ3) is 6.78. The average Bonchev–Trinajstić information content (AvgIpc) is 3.35. The summed E-state index contributed by atoms with van der Waals surface area (Å²) in [6.45, 7) is 1.21. The Morgan fingerprint density at radius 3 is 2.35 bits per heavy atom. The summed E-state index contributed by atoms with van der Waals surface area (Å²) < 4.78 is 50.5. The number of aromatic nitrogens is 4. The molecule has 2 aromatic heterocycles. The highest BCUT2D eigenvalue weighted by Crippen LogP contribution is 2.22. The minimum atomic E-state index is -4.43. The summed E-state index contributed by atoms with van der Waals surface area (Å²) in [7, 11) is 1.62. The van der Waals surface area contributed by atoms with Gasteiger partial charge in [-0.25, -0.2) is 4.98 Å². The standard InChI is InChI=1S/C27H27F3N4O3/c1-3-4-5-25-32-24(20-15-31-33(17-20)16-19-6-10-22(36-2)11-7-19)14-26(35)34(25)21-8-12-23(13-9-21)37-18-27(28,29)30/h6-15,17H,3-5,16,18H2,1-2H3. The molecule has 0 spiro atoms. The van der Waals surface area contributed by atoms with Crippen LogP contribution in [-0.2, 0) is 13.0 Å². The van der Waals surface area contributed by atoms with Gasteiger partial charge in [0.15, 0.2) is 6.61 Å². The second-order valence-corrected chi connectivity index (χ2v) is 8.51. The number of unbranched alkanes of at least 4 members (excludes halogenated alkanes) is 1. The molecule has 0 fully saturated rings. The van der Waals surface area contributed by atoms with Crippen LogP contribution in [0.1, 0.15) is 31.2 Å². The van der Waals surface area contributed by atoms with Crippen LogP contribution in [0.25, 0.3) is 16.9 Å². The third-order valence-corrected chi connectivity index (χ3v) is 5.67. The molecule has 0 N–H and O–H groups in total. The van der Waals surface area contributed by atoms with E-state index in [0.29, 0.717) is 35.7 Å². The van der Waals surface area contributed by atoms with Crippen molar-refractivity contribution < 1.29 is 22.6 Å². The number of hydrogen-bond donors (Lipinski definition) is 0. The van der Waals surface area contributed by atoms with Crippen molar-refractivity contribution >= 4 is 0 Å². The van der Waals surface area contributed by atoms with Crippen molar-refractivity contribution in [3.63, 3.8) is 0 Å². The van der Waals surface area contributed by atoms with Gasteiger partial charge in [-0.2, -0.15) is 18.3 Å². The predicted molar refractivity (Wildman–Crippen MR) is 133 cm³/mol. The van der Waals surface area contributed by atoms with Crippen LogP contribution in [-0.4, -0.2) is 39.2 Å². The molecule has 0 saturated carbocycles. The molecule has 0 bridgehead atoms. The van der Waals surface area contributed by atoms with Crippen LogP contribution in [0.15, 0.2) is 71.8 Å². The summed E-state index contributed by atoms with van der Waals surface area (Å²) in [5.74, 6) is 1.41. The Labute approximate surface area is 212 Å². The van der Waals surface area contributed by atoms with Crippen LogP contribution >= 0.6 is 0 Å². The molecule has 0 radical (unpaired) electrons. The van der Waals surface area contributed by atoms with Crippen LogP contribution in [0.4, 0.5) is 13.2 Å². The van der Waals surface area contributed by atoms with Crippen molar-refractivity contribution in [2.24, 2.45) is 0 Å². The number of aryl methyl sites for hydroxylation is 1. The first-order chi connectivity index (χ1) is 17.8. The van der Waals surface area contributed by atoms with Gasteiger partial charge in [0.2, 0.25) is 0 Å². The van der Waals surface area contributed by atoms with Gasteiger partial charge in [-0.1, -0.05) is 25.5 Å². The highest BCUT2D eigenvalue weighted by atomic mass is 19.4. The Hall–Kier alpha value is -4.08. The lowest BCUT2D eigenvalue weighted by atomic mass is 10.2. The molecule has 2 heterocycles. The number of hydrogen-bond acceptors (Lipinski definition) is 5. The number of nitrogens with zero attached hydrogens (tertiary/aromatic N) is 4. The van der Waals surface area contributed by atoms with E-state index in [4.69, 9.17) is 14.5 Å². The molecule has 0 aliphatic carbocycles. The van der Waals surface area contributed by atoms with E-state index in [0.717, 1.165) is 24.2 Å². The molecule has 0 aliphatic heterocycles. The summed E-state index contributed by atoms with van der Waals surface area (Å²) >= 11 is 0. The molecule has 0 unspecified atom stereocenters. The maximum absolute atomic E-state index is 13.2. The lowest BCUT2D eigenvalue weighted by Gasteiger charge is -2.14. The highest BCUT2D eigenvalue weighted by Gasteiger charge is 2.28. The van der Waals surface area contributed by atoms with Gasteiger partial charge in [0, 0.05) is 24.2 Å². The lowest BCUT2D eigenvalue weighted by Crippen LogP contribution is -2.23. The van der Waals surface area contributed by atoms with Crippen LogP contribution < -0.4 is 15.0 Å². The maximum atomic E-state index is 13.2. The minimum Gasteiger partial charge on any atom is -0.497 e. The molecule has 0 amide bonds. The monoisotopic (exact) mass is 512 g/mol. The molecular weight excluding hydrogens is 485 g/mol. The Bertz CT molecular complexity index is 1380. The Morgan fingerprint density at radius 2 is 1.70 bits per heavy atom. The Morgan fingerprint density at radius 1 is 1.00 bits per heavy atom. The van der Waals surface area contributed by atoms with Crippen molar-refractivity contribution in [2.45, 2.75) is 38.9 Å². The normalized spacial score (nSPS) is 11.5. The molecular formula is C27H27F3N4O3. The first kappa shape index (κ1) is 26.0. The summed E-state index contributed by atoms with van der Waals surface area (Å²) in [4.78, 5) is 18.0. The zero-order valence-corrected chi connectivity index (χ0v) is 20.5. The minimum absolute atomic E-state index is 0.0677. The van der Waals surface area contributed by atoms with Crippen molar-refractivity contribution in [3.8, 4) is 28.4 Å². The van der Waals surface area contributed by atoms with Crippen LogP contribution in [0.3, 0.4) is 0 Å². The number of rotatable bonds is 10. The second-order valence-electron chi connectivity index (χ2n) is 8.51. The van der Waals surface area contributed by atoms with Gasteiger partial charge in [-0.15, -0.1) is 0 Å². The van der Waals surface area contributed by atoms with Gasteiger partial charge in [-0.3, -0.25) is 14.0 Å². The smallest absolute Gasteiger partial charge is 0.422 e. The molecule has 0 aliphatic rings. The number of halogens is 3. The molecule has 194 valence electrons. The number of ether oxygens (including phenoxy) is 2. The van der Waals surface area contributed by atoms with Crippen molar-refractivity contribution in [3.05, 3.63) is 88.7 Å². The second kappa shape index (κ2) is 11.3. The molecule has 4 rings (SSSR count). The van der Waals surface area contributed by atoms with Crippen LogP contribution in [0.2, 0.25) is 0 Å². The maximum Gasteiger partial charge on any atom is 0.422 e. The zero-order valence-electron chi connectivity index (χ0n) is 20.5. The largest absolute Gasteiger partial charge is 0.497 e. The van der Waals surface area contributed by atoms with Crippen molar-refractivity contribution in [1.29, 1.82) is 0 Å². The van der Waals surface area contributed by atoms with Crippen molar-refractivity contribution in [1.82, 2.24) is 19.3 Å². The van der Waals surface area contributed by atoms with Crippen LogP contribution in [0, 0.1) is 0 Å². The topological polar surface area (TPSA) is 71.2 Å². The third-order valence-electron chi connectivity index (χ3n) is 5.67. The van der Waals surface area contributed by atoms with Gasteiger partial charge in [-0.05, 0) is 48.4 Å². The van der Waals surface area contributed by atoms with Gasteiger partial charge >= 0.3 is 6.18 Å². The summed E-state index contributed by atoms with van der Waals surface area (Å²) in [6.07, 6.45) is 1.37. The van der Waals surface area contributed by atoms with Gasteiger partial charge in [0.05, 0.1) is 31.2 Å². The fourth-order valence-corrected chi connectivity index (χ4v) is 3.81. The van der Waals surface area contributed by atoms with E-state index in [-0.39, 0.29) is 11.3 Å². The number of benzene rings is 2. The summed E-state index contributed by atoms with van der Waals surface area (Å²) in [6, 6.07) is 15.1. The molecule has 7 nitrogen and oxygen atoms in total. The SMILES string of the molecule is CCCCc1nc(-c2cnn(Cc3ccc(OC)cc3)c2)cc(=O)n1-c1ccc(OCC(F)(F)F)cc1. The molecule has 10 heteroatoms. The fourth-order valence-electron chi connectivity index (χ4n) is 3.81. The van der Waals surface area contributed by atoms with E-state index in [1.165, 1.54) is 22.8 Å². The summed E-state index contributed by atoms with van der Waals surface area (Å²) in [5.41, 5.74) is 2.49. The van der Waals surface area contributed by atoms with E-state index in [2.05, 4.69) is 5.10 Å². The van der Waals surface area contributed by atoms with Crippen molar-refractivity contribution in [2.75, 3.05) is 13.7 Å². The number of methoxy groups -OCH3 is 1. The van der Waals surface area contributed by atoms with Crippen LogP contribution in [0.5, 0.6) is 11.5 Å². The van der Waals surface area contributed by atoms with E-state index in [9.17, 15) is 18.0 Å². The molecule has 0 atom stereocenters. The van der Waals surface area contributed by atoms with Gasteiger partial charge < -0.3 is 9.47 Å². The Balaban J connectivity index is 1.59. The molecule has 2 aromatic carbocycles. The Kier molecular flexibility index (Phi) is 7.95. The quantitative estimate of drug-likeness (QED) is 0.283. The summed E-state index contributed by atoms with van der Waals surface area (Å²) in [5, 5.41) is 4.42. The van der Waals surface area contributed by atoms with E-state index < -0.39 is 12.8 Å².